The van der Waals surface area contributed by atoms with Gasteiger partial charge in [0, 0.05) is 18.1 Å². The van der Waals surface area contributed by atoms with Crippen molar-refractivity contribution in [3.05, 3.63) is 66.5 Å². The molecule has 2 aromatic carbocycles. The lowest BCUT2D eigenvalue weighted by atomic mass is 10.2. The Morgan fingerprint density at radius 1 is 1.08 bits per heavy atom. The molecule has 0 saturated heterocycles. The van der Waals surface area contributed by atoms with Crippen LogP contribution in [0.5, 0.6) is 5.88 Å². The highest BCUT2D eigenvalue weighted by atomic mass is 19.1. The van der Waals surface area contributed by atoms with Crippen LogP contribution in [0, 0.1) is 5.82 Å². The number of nitrogens with zero attached hydrogens (tertiary/aromatic N) is 2. The van der Waals surface area contributed by atoms with Crippen molar-refractivity contribution in [2.24, 2.45) is 0 Å². The molecule has 0 amide bonds. The molecule has 0 saturated carbocycles. The van der Waals surface area contributed by atoms with Crippen molar-refractivity contribution >= 4 is 5.97 Å². The Labute approximate surface area is 152 Å². The Kier molecular flexibility index (Phi) is 5.79. The van der Waals surface area contributed by atoms with Gasteiger partial charge in [-0.2, -0.15) is 5.10 Å². The first-order chi connectivity index (χ1) is 12.7. The number of benzene rings is 2. The number of carbonyl (C=O) groups excluding carboxylic acids is 1. The molecule has 1 heterocycles. The van der Waals surface area contributed by atoms with E-state index in [-0.39, 0.29) is 11.8 Å². The SMILES string of the molecule is CCCCCC(=O)Oc1cc(-c2ccccc2)nn1-c1ccc(F)cc1. The average Bonchev–Trinajstić information content (AvgIpc) is 3.07. The van der Waals surface area contributed by atoms with Gasteiger partial charge in [0.15, 0.2) is 0 Å². The lowest BCUT2D eigenvalue weighted by Gasteiger charge is -2.07. The Balaban J connectivity index is 1.91. The van der Waals surface area contributed by atoms with Crippen LogP contribution in [0.3, 0.4) is 0 Å². The van der Waals surface area contributed by atoms with E-state index in [1.54, 1.807) is 18.2 Å². The van der Waals surface area contributed by atoms with E-state index in [1.165, 1.54) is 16.8 Å². The van der Waals surface area contributed by atoms with Crippen molar-refractivity contribution < 1.29 is 13.9 Å². The quantitative estimate of drug-likeness (QED) is 0.435. The zero-order valence-corrected chi connectivity index (χ0v) is 14.7. The van der Waals surface area contributed by atoms with Crippen LogP contribution in [-0.2, 0) is 4.79 Å². The van der Waals surface area contributed by atoms with Crippen molar-refractivity contribution in [2.75, 3.05) is 0 Å². The van der Waals surface area contributed by atoms with Crippen molar-refractivity contribution in [3.8, 4) is 22.8 Å². The van der Waals surface area contributed by atoms with Gasteiger partial charge in [0.2, 0.25) is 5.88 Å². The largest absolute Gasteiger partial charge is 0.407 e. The summed E-state index contributed by atoms with van der Waals surface area (Å²) >= 11 is 0. The highest BCUT2D eigenvalue weighted by Crippen LogP contribution is 2.26. The van der Waals surface area contributed by atoms with E-state index in [1.807, 2.05) is 30.3 Å². The van der Waals surface area contributed by atoms with Gasteiger partial charge in [-0.15, -0.1) is 0 Å². The molecule has 3 aromatic rings. The van der Waals surface area contributed by atoms with Gasteiger partial charge >= 0.3 is 5.97 Å². The molecule has 3 rings (SSSR count). The Morgan fingerprint density at radius 2 is 1.81 bits per heavy atom. The first-order valence-corrected chi connectivity index (χ1v) is 8.79. The molecule has 1 aromatic heterocycles. The molecule has 0 radical (unpaired) electrons. The summed E-state index contributed by atoms with van der Waals surface area (Å²) in [4.78, 5) is 12.1. The summed E-state index contributed by atoms with van der Waals surface area (Å²) in [6.07, 6.45) is 3.19. The number of aromatic nitrogens is 2. The van der Waals surface area contributed by atoms with Gasteiger partial charge < -0.3 is 4.74 Å². The topological polar surface area (TPSA) is 44.1 Å². The molecule has 26 heavy (non-hydrogen) atoms. The molecule has 0 atom stereocenters. The third kappa shape index (κ3) is 4.36. The van der Waals surface area contributed by atoms with Gasteiger partial charge in [-0.25, -0.2) is 9.07 Å². The summed E-state index contributed by atoms with van der Waals surface area (Å²) in [5, 5.41) is 4.55. The highest BCUT2D eigenvalue weighted by molar-refractivity contribution is 5.73. The predicted octanol–water partition coefficient (Wildman–Crippen LogP) is 5.16. The maximum atomic E-state index is 13.2. The summed E-state index contributed by atoms with van der Waals surface area (Å²) < 4.78 is 20.3. The summed E-state index contributed by atoms with van der Waals surface area (Å²) in [5.41, 5.74) is 2.23. The first kappa shape index (κ1) is 17.9. The molecule has 0 aliphatic carbocycles. The fourth-order valence-electron chi connectivity index (χ4n) is 2.64. The van der Waals surface area contributed by atoms with Gasteiger partial charge in [0.25, 0.3) is 0 Å². The normalized spacial score (nSPS) is 10.7. The van der Waals surface area contributed by atoms with E-state index < -0.39 is 0 Å². The van der Waals surface area contributed by atoms with Gasteiger partial charge in [-0.05, 0) is 30.7 Å². The Bertz CT molecular complexity index is 857. The lowest BCUT2D eigenvalue weighted by Crippen LogP contribution is -2.11. The third-order valence-corrected chi connectivity index (χ3v) is 4.02. The number of halogens is 1. The molecule has 0 spiro atoms. The predicted molar refractivity (Wildman–Crippen MR) is 98.7 cm³/mol. The molecule has 4 nitrogen and oxygen atoms in total. The van der Waals surface area contributed by atoms with Crippen molar-refractivity contribution in [3.63, 3.8) is 0 Å². The fraction of sp³-hybridized carbons (Fsp3) is 0.238. The number of rotatable bonds is 7. The average molecular weight is 352 g/mol. The minimum Gasteiger partial charge on any atom is -0.407 e. The standard InChI is InChI=1S/C21H21FN2O2/c1-2-3-5-10-21(25)26-20-15-19(16-8-6-4-7-9-16)23-24(20)18-13-11-17(22)12-14-18/h4,6-9,11-15H,2-3,5,10H2,1H3. The summed E-state index contributed by atoms with van der Waals surface area (Å²) in [5.74, 6) is -0.291. The molecule has 134 valence electrons. The minimum absolute atomic E-state index is 0.290. The van der Waals surface area contributed by atoms with Gasteiger partial charge in [0.1, 0.15) is 5.82 Å². The third-order valence-electron chi connectivity index (χ3n) is 4.02. The van der Waals surface area contributed by atoms with Crippen LogP contribution < -0.4 is 4.74 Å². The highest BCUT2D eigenvalue weighted by Gasteiger charge is 2.15. The van der Waals surface area contributed by atoms with Crippen LogP contribution in [0.2, 0.25) is 0 Å². The molecule has 0 unspecified atom stereocenters. The zero-order chi connectivity index (χ0) is 18.4. The summed E-state index contributed by atoms with van der Waals surface area (Å²) in [6.45, 7) is 2.08. The Hall–Kier alpha value is -2.95. The summed E-state index contributed by atoms with van der Waals surface area (Å²) in [7, 11) is 0. The second-order valence-electron chi connectivity index (χ2n) is 6.05. The first-order valence-electron chi connectivity index (χ1n) is 8.79. The van der Waals surface area contributed by atoms with Crippen LogP contribution in [0.4, 0.5) is 4.39 Å². The molecule has 0 bridgehead atoms. The van der Waals surface area contributed by atoms with Crippen LogP contribution in [-0.4, -0.2) is 15.7 Å². The van der Waals surface area contributed by atoms with E-state index in [2.05, 4.69) is 12.0 Å². The molecule has 0 aliphatic rings. The van der Waals surface area contributed by atoms with Crippen LogP contribution in [0.1, 0.15) is 32.6 Å². The Morgan fingerprint density at radius 3 is 2.50 bits per heavy atom. The van der Waals surface area contributed by atoms with E-state index in [0.29, 0.717) is 23.7 Å². The number of unbranched alkanes of at least 4 members (excludes halogenated alkanes) is 2. The van der Waals surface area contributed by atoms with E-state index in [9.17, 15) is 9.18 Å². The van der Waals surface area contributed by atoms with E-state index in [0.717, 1.165) is 24.8 Å². The molecular formula is C21H21FN2O2. The number of carbonyl (C=O) groups is 1. The number of esters is 1. The monoisotopic (exact) mass is 352 g/mol. The van der Waals surface area contributed by atoms with E-state index >= 15 is 0 Å². The van der Waals surface area contributed by atoms with Crippen molar-refractivity contribution in [2.45, 2.75) is 32.6 Å². The molecule has 0 fully saturated rings. The van der Waals surface area contributed by atoms with Crippen molar-refractivity contribution in [1.29, 1.82) is 0 Å². The van der Waals surface area contributed by atoms with Crippen LogP contribution >= 0.6 is 0 Å². The number of hydrogen-bond acceptors (Lipinski definition) is 3. The van der Waals surface area contributed by atoms with Gasteiger partial charge in [0.05, 0.1) is 11.4 Å². The van der Waals surface area contributed by atoms with Crippen molar-refractivity contribution in [1.82, 2.24) is 9.78 Å². The lowest BCUT2D eigenvalue weighted by molar-refractivity contribution is -0.134. The fourth-order valence-corrected chi connectivity index (χ4v) is 2.64. The van der Waals surface area contributed by atoms with Gasteiger partial charge in [-0.3, -0.25) is 4.79 Å². The smallest absolute Gasteiger partial charge is 0.312 e. The number of hydrogen-bond donors (Lipinski definition) is 0. The minimum atomic E-state index is -0.331. The molecule has 0 aliphatic heterocycles. The maximum absolute atomic E-state index is 13.2. The van der Waals surface area contributed by atoms with Crippen LogP contribution in [0.25, 0.3) is 16.9 Å². The maximum Gasteiger partial charge on any atom is 0.312 e. The van der Waals surface area contributed by atoms with Crippen LogP contribution in [0.15, 0.2) is 60.7 Å². The molecule has 0 N–H and O–H groups in total. The van der Waals surface area contributed by atoms with Gasteiger partial charge in [-0.1, -0.05) is 50.1 Å². The molecular weight excluding hydrogens is 331 g/mol. The second kappa shape index (κ2) is 8.43. The second-order valence-corrected chi connectivity index (χ2v) is 6.05. The number of ether oxygens (including phenoxy) is 1. The zero-order valence-electron chi connectivity index (χ0n) is 14.7. The van der Waals surface area contributed by atoms with E-state index in [4.69, 9.17) is 4.74 Å². The summed E-state index contributed by atoms with van der Waals surface area (Å²) in [6, 6.07) is 17.3. The molecule has 5 heteroatoms.